The first kappa shape index (κ1) is 17.3. The van der Waals surface area contributed by atoms with Gasteiger partial charge in [-0.3, -0.25) is 9.59 Å². The van der Waals surface area contributed by atoms with Crippen LogP contribution in [0.2, 0.25) is 0 Å². The molecule has 4 aromatic rings. The lowest BCUT2D eigenvalue weighted by Crippen LogP contribution is -2.19. The summed E-state index contributed by atoms with van der Waals surface area (Å²) in [5, 5.41) is 10.0. The number of aromatic amines is 1. The highest BCUT2D eigenvalue weighted by Gasteiger charge is 2.14. The van der Waals surface area contributed by atoms with Crippen LogP contribution in [0.3, 0.4) is 0 Å². The van der Waals surface area contributed by atoms with E-state index in [1.807, 2.05) is 42.5 Å². The number of nitrogens with one attached hydrogen (secondary N) is 2. The van der Waals surface area contributed by atoms with Gasteiger partial charge >= 0.3 is 0 Å². The van der Waals surface area contributed by atoms with Gasteiger partial charge < -0.3 is 5.32 Å². The number of hydrogen-bond donors (Lipinski definition) is 2. The summed E-state index contributed by atoms with van der Waals surface area (Å²) in [4.78, 5) is 24.6. The lowest BCUT2D eigenvalue weighted by Gasteiger charge is -2.07. The zero-order valence-electron chi connectivity index (χ0n) is 14.8. The van der Waals surface area contributed by atoms with E-state index < -0.39 is 5.91 Å². The first-order chi connectivity index (χ1) is 13.7. The fraction of sp³-hybridized carbons (Fsp3) is 0. The Balaban J connectivity index is 1.60. The van der Waals surface area contributed by atoms with E-state index >= 15 is 0 Å². The Morgan fingerprint density at radius 1 is 0.821 bits per heavy atom. The molecule has 0 bridgehead atoms. The minimum absolute atomic E-state index is 0.163. The van der Waals surface area contributed by atoms with Crippen LogP contribution in [-0.4, -0.2) is 16.1 Å². The van der Waals surface area contributed by atoms with Gasteiger partial charge in [0.25, 0.3) is 11.5 Å². The molecule has 0 saturated carbocycles. The molecule has 28 heavy (non-hydrogen) atoms. The van der Waals surface area contributed by atoms with E-state index in [0.717, 1.165) is 11.1 Å². The van der Waals surface area contributed by atoms with Gasteiger partial charge in [0.1, 0.15) is 0 Å². The smallest absolute Gasteiger partial charge is 0.276 e. The number of H-pyrrole nitrogens is 1. The van der Waals surface area contributed by atoms with Crippen molar-refractivity contribution >= 4 is 22.4 Å². The number of nitrogens with zero attached hydrogens (tertiary/aromatic N) is 1. The SMILES string of the molecule is O=C(Nc1cccc(C#Cc2ccccc2)c1)c1n[nH]c(=O)c2ccccc12. The van der Waals surface area contributed by atoms with E-state index in [0.29, 0.717) is 16.5 Å². The molecule has 0 aliphatic heterocycles. The van der Waals surface area contributed by atoms with Gasteiger partial charge in [-0.15, -0.1) is 0 Å². The number of benzene rings is 3. The Hall–Kier alpha value is -4.17. The highest BCUT2D eigenvalue weighted by Crippen LogP contribution is 2.16. The van der Waals surface area contributed by atoms with Crippen LogP contribution in [0.5, 0.6) is 0 Å². The average molecular weight is 365 g/mol. The van der Waals surface area contributed by atoms with Crippen LogP contribution in [-0.2, 0) is 0 Å². The largest absolute Gasteiger partial charge is 0.321 e. The monoisotopic (exact) mass is 365 g/mol. The second-order valence-corrected chi connectivity index (χ2v) is 6.10. The van der Waals surface area contributed by atoms with Gasteiger partial charge in [-0.2, -0.15) is 5.10 Å². The molecule has 3 aromatic carbocycles. The lowest BCUT2D eigenvalue weighted by atomic mass is 10.1. The van der Waals surface area contributed by atoms with Crippen LogP contribution in [0.1, 0.15) is 21.6 Å². The molecule has 1 amide bonds. The van der Waals surface area contributed by atoms with E-state index in [1.54, 1.807) is 36.4 Å². The third-order valence-corrected chi connectivity index (χ3v) is 4.16. The van der Waals surface area contributed by atoms with Crippen LogP contribution in [0.4, 0.5) is 5.69 Å². The number of aromatic nitrogens is 2. The maximum Gasteiger partial charge on any atom is 0.276 e. The Bertz CT molecular complexity index is 1280. The topological polar surface area (TPSA) is 74.8 Å². The van der Waals surface area contributed by atoms with Gasteiger partial charge in [-0.05, 0) is 36.4 Å². The maximum atomic E-state index is 12.7. The second-order valence-electron chi connectivity index (χ2n) is 6.10. The molecule has 1 heterocycles. The molecule has 0 saturated heterocycles. The van der Waals surface area contributed by atoms with E-state index in [-0.39, 0.29) is 11.3 Å². The zero-order valence-corrected chi connectivity index (χ0v) is 14.8. The summed E-state index contributed by atoms with van der Waals surface area (Å²) in [6.07, 6.45) is 0. The normalized spacial score (nSPS) is 10.1. The molecule has 2 N–H and O–H groups in total. The van der Waals surface area contributed by atoms with E-state index in [1.165, 1.54) is 0 Å². The van der Waals surface area contributed by atoms with Gasteiger partial charge in [0.05, 0.1) is 5.39 Å². The molecule has 0 atom stereocenters. The predicted octanol–water partition coefficient (Wildman–Crippen LogP) is 3.58. The second kappa shape index (κ2) is 7.60. The van der Waals surface area contributed by atoms with Crippen molar-refractivity contribution in [1.82, 2.24) is 10.2 Å². The fourth-order valence-corrected chi connectivity index (χ4v) is 2.82. The molecule has 134 valence electrons. The molecule has 0 spiro atoms. The van der Waals surface area contributed by atoms with Gasteiger partial charge in [-0.1, -0.05) is 54.3 Å². The van der Waals surface area contributed by atoms with Gasteiger partial charge in [0, 0.05) is 22.2 Å². The minimum Gasteiger partial charge on any atom is -0.321 e. The number of fused-ring (bicyclic) bond motifs is 1. The molecule has 0 unspecified atom stereocenters. The van der Waals surface area contributed by atoms with E-state index in [2.05, 4.69) is 27.4 Å². The molecule has 1 aromatic heterocycles. The number of carbonyl (C=O) groups is 1. The summed E-state index contributed by atoms with van der Waals surface area (Å²) in [7, 11) is 0. The molecule has 0 radical (unpaired) electrons. The highest BCUT2D eigenvalue weighted by atomic mass is 16.2. The van der Waals surface area contributed by atoms with Crippen molar-refractivity contribution in [2.45, 2.75) is 0 Å². The third-order valence-electron chi connectivity index (χ3n) is 4.16. The molecular formula is C23H15N3O2. The Morgan fingerprint density at radius 3 is 2.32 bits per heavy atom. The molecule has 0 fully saturated rings. The number of hydrogen-bond acceptors (Lipinski definition) is 3. The Morgan fingerprint density at radius 2 is 1.50 bits per heavy atom. The zero-order chi connectivity index (χ0) is 19.3. The first-order valence-corrected chi connectivity index (χ1v) is 8.66. The summed E-state index contributed by atoms with van der Waals surface area (Å²) in [6, 6.07) is 23.8. The standard InChI is InChI=1S/C23H15N3O2/c27-22-20-12-5-4-11-19(20)21(25-26-22)23(28)24-18-10-6-9-17(15-18)14-13-16-7-2-1-3-8-16/h1-12,15H,(H,24,28)(H,26,27). The molecule has 5 heteroatoms. The van der Waals surface area contributed by atoms with Crippen molar-refractivity contribution in [1.29, 1.82) is 0 Å². The molecule has 0 aliphatic carbocycles. The van der Waals surface area contributed by atoms with Gasteiger partial charge in [0.15, 0.2) is 5.69 Å². The molecular weight excluding hydrogens is 350 g/mol. The number of anilines is 1. The third kappa shape index (κ3) is 3.67. The Kier molecular flexibility index (Phi) is 4.68. The minimum atomic E-state index is -0.402. The highest BCUT2D eigenvalue weighted by molar-refractivity contribution is 6.11. The van der Waals surface area contributed by atoms with Crippen LogP contribution >= 0.6 is 0 Å². The number of rotatable bonds is 2. The first-order valence-electron chi connectivity index (χ1n) is 8.66. The Labute approximate surface area is 161 Å². The maximum absolute atomic E-state index is 12.7. The average Bonchev–Trinajstić information content (AvgIpc) is 2.74. The summed E-state index contributed by atoms with van der Waals surface area (Å²) in [6.45, 7) is 0. The lowest BCUT2D eigenvalue weighted by molar-refractivity contribution is 0.102. The van der Waals surface area contributed by atoms with Gasteiger partial charge in [0.2, 0.25) is 0 Å². The number of amides is 1. The van der Waals surface area contributed by atoms with Crippen LogP contribution in [0.15, 0.2) is 83.7 Å². The van der Waals surface area contributed by atoms with Crippen molar-refractivity contribution in [3.05, 3.63) is 106 Å². The quantitative estimate of drug-likeness (QED) is 0.533. The summed E-state index contributed by atoms with van der Waals surface area (Å²) < 4.78 is 0. The van der Waals surface area contributed by atoms with Crippen molar-refractivity contribution in [3.63, 3.8) is 0 Å². The molecule has 5 nitrogen and oxygen atoms in total. The molecule has 4 rings (SSSR count). The molecule has 0 aliphatic rings. The number of carbonyl (C=O) groups excluding carboxylic acids is 1. The summed E-state index contributed by atoms with van der Waals surface area (Å²) in [5.41, 5.74) is 2.13. The van der Waals surface area contributed by atoms with Gasteiger partial charge in [-0.25, -0.2) is 5.10 Å². The van der Waals surface area contributed by atoms with Crippen LogP contribution in [0, 0.1) is 11.8 Å². The summed E-state index contributed by atoms with van der Waals surface area (Å²) in [5.74, 6) is 5.77. The van der Waals surface area contributed by atoms with Crippen molar-refractivity contribution in [2.75, 3.05) is 5.32 Å². The van der Waals surface area contributed by atoms with Crippen LogP contribution < -0.4 is 10.9 Å². The van der Waals surface area contributed by atoms with Crippen LogP contribution in [0.25, 0.3) is 10.8 Å². The van der Waals surface area contributed by atoms with Crippen molar-refractivity contribution in [3.8, 4) is 11.8 Å². The predicted molar refractivity (Wildman–Crippen MR) is 109 cm³/mol. The van der Waals surface area contributed by atoms with Crippen molar-refractivity contribution < 1.29 is 4.79 Å². The fourth-order valence-electron chi connectivity index (χ4n) is 2.82. The van der Waals surface area contributed by atoms with E-state index in [9.17, 15) is 9.59 Å². The summed E-state index contributed by atoms with van der Waals surface area (Å²) >= 11 is 0. The van der Waals surface area contributed by atoms with E-state index in [4.69, 9.17) is 0 Å². The van der Waals surface area contributed by atoms with Crippen molar-refractivity contribution in [2.24, 2.45) is 0 Å².